The van der Waals surface area contributed by atoms with Crippen LogP contribution in [0.4, 0.5) is 5.88 Å². The van der Waals surface area contributed by atoms with Crippen molar-refractivity contribution in [1.29, 1.82) is 0 Å². The highest BCUT2D eigenvalue weighted by Crippen LogP contribution is 2.30. The van der Waals surface area contributed by atoms with Crippen LogP contribution in [0.25, 0.3) is 11.3 Å². The first-order valence-electron chi connectivity index (χ1n) is 7.26. The van der Waals surface area contributed by atoms with Crippen LogP contribution in [0.2, 0.25) is 0 Å². The topological polar surface area (TPSA) is 92.4 Å². The molecule has 0 aliphatic carbocycles. The van der Waals surface area contributed by atoms with Crippen LogP contribution >= 0.6 is 11.3 Å². The molecule has 0 aliphatic rings. The van der Waals surface area contributed by atoms with E-state index in [-0.39, 0.29) is 17.1 Å². The fourth-order valence-corrected chi connectivity index (χ4v) is 2.88. The number of anilines is 1. The van der Waals surface area contributed by atoms with Gasteiger partial charge < -0.3 is 9.63 Å². The van der Waals surface area contributed by atoms with Crippen LogP contribution in [-0.4, -0.2) is 22.1 Å². The molecule has 0 fully saturated rings. The van der Waals surface area contributed by atoms with Gasteiger partial charge in [-0.25, -0.2) is 4.79 Å². The van der Waals surface area contributed by atoms with Gasteiger partial charge in [0.05, 0.1) is 0 Å². The molecule has 0 spiro atoms. The van der Waals surface area contributed by atoms with Gasteiger partial charge in [-0.2, -0.15) is 11.3 Å². The first kappa shape index (κ1) is 15.9. The smallest absolute Gasteiger partial charge is 0.343 e. The van der Waals surface area contributed by atoms with Crippen molar-refractivity contribution in [1.82, 2.24) is 5.16 Å². The predicted octanol–water partition coefficient (Wildman–Crippen LogP) is 3.92. The van der Waals surface area contributed by atoms with Crippen molar-refractivity contribution in [3.63, 3.8) is 0 Å². The number of carbonyl (C=O) groups excluding carboxylic acids is 1. The Labute approximate surface area is 141 Å². The number of aryl methyl sites for hydroxylation is 1. The average Bonchev–Trinajstić information content (AvgIpc) is 3.23. The van der Waals surface area contributed by atoms with Gasteiger partial charge in [-0.3, -0.25) is 10.1 Å². The second kappa shape index (κ2) is 6.67. The summed E-state index contributed by atoms with van der Waals surface area (Å²) in [5, 5.41) is 19.3. The number of hydrogen-bond donors (Lipinski definition) is 2. The minimum atomic E-state index is -1.21. The number of carbonyl (C=O) groups is 2. The van der Waals surface area contributed by atoms with Crippen LogP contribution in [0.3, 0.4) is 0 Å². The van der Waals surface area contributed by atoms with Gasteiger partial charge in [-0.15, -0.1) is 0 Å². The molecule has 2 heterocycles. The third-order valence-electron chi connectivity index (χ3n) is 3.55. The zero-order valence-corrected chi connectivity index (χ0v) is 13.6. The second-order valence-electron chi connectivity index (χ2n) is 5.06. The SMILES string of the molecule is CCc1ccc(C(=O)Nc2onc(-c3ccsc3)c2C(=O)O)cc1. The van der Waals surface area contributed by atoms with E-state index in [0.717, 1.165) is 12.0 Å². The molecule has 0 unspecified atom stereocenters. The number of aromatic nitrogens is 1. The van der Waals surface area contributed by atoms with E-state index < -0.39 is 11.9 Å². The molecule has 3 aromatic rings. The summed E-state index contributed by atoms with van der Waals surface area (Å²) < 4.78 is 5.06. The number of amides is 1. The van der Waals surface area contributed by atoms with Crippen LogP contribution in [0.1, 0.15) is 33.2 Å². The van der Waals surface area contributed by atoms with Crippen molar-refractivity contribution >= 4 is 29.1 Å². The summed E-state index contributed by atoms with van der Waals surface area (Å²) in [5.41, 5.74) is 2.19. The highest BCUT2D eigenvalue weighted by Gasteiger charge is 2.25. The Morgan fingerprint density at radius 1 is 1.25 bits per heavy atom. The Morgan fingerprint density at radius 3 is 2.58 bits per heavy atom. The Hall–Kier alpha value is -2.93. The fraction of sp³-hybridized carbons (Fsp3) is 0.118. The molecule has 0 aliphatic heterocycles. The van der Waals surface area contributed by atoms with Gasteiger partial charge >= 0.3 is 5.97 Å². The van der Waals surface area contributed by atoms with Crippen molar-refractivity contribution in [3.05, 3.63) is 57.8 Å². The summed E-state index contributed by atoms with van der Waals surface area (Å²) in [7, 11) is 0. The van der Waals surface area contributed by atoms with Crippen LogP contribution in [-0.2, 0) is 6.42 Å². The molecule has 0 bridgehead atoms. The van der Waals surface area contributed by atoms with Gasteiger partial charge in [0.15, 0.2) is 5.56 Å². The second-order valence-corrected chi connectivity index (χ2v) is 5.84. The lowest BCUT2D eigenvalue weighted by Gasteiger charge is -2.04. The number of hydrogen-bond acceptors (Lipinski definition) is 5. The van der Waals surface area contributed by atoms with E-state index in [9.17, 15) is 14.7 Å². The van der Waals surface area contributed by atoms with Crippen LogP contribution < -0.4 is 5.32 Å². The van der Waals surface area contributed by atoms with Crippen LogP contribution in [0.15, 0.2) is 45.6 Å². The van der Waals surface area contributed by atoms with Crippen LogP contribution in [0.5, 0.6) is 0 Å². The minimum absolute atomic E-state index is 0.160. The molecule has 0 atom stereocenters. The molecular weight excluding hydrogens is 328 g/mol. The molecule has 1 aromatic carbocycles. The van der Waals surface area contributed by atoms with Crippen molar-refractivity contribution in [2.75, 3.05) is 5.32 Å². The number of nitrogens with zero attached hydrogens (tertiary/aromatic N) is 1. The number of carboxylic acids is 1. The lowest BCUT2D eigenvalue weighted by Crippen LogP contribution is -2.14. The van der Waals surface area contributed by atoms with E-state index in [0.29, 0.717) is 11.1 Å². The summed E-state index contributed by atoms with van der Waals surface area (Å²) in [4.78, 5) is 23.8. The maximum absolute atomic E-state index is 12.3. The Balaban J connectivity index is 1.89. The summed E-state index contributed by atoms with van der Waals surface area (Å²) in [6, 6.07) is 8.81. The largest absolute Gasteiger partial charge is 0.477 e. The first-order valence-corrected chi connectivity index (χ1v) is 8.20. The highest BCUT2D eigenvalue weighted by molar-refractivity contribution is 7.08. The van der Waals surface area contributed by atoms with Crippen molar-refractivity contribution < 1.29 is 19.2 Å². The predicted molar refractivity (Wildman–Crippen MR) is 90.5 cm³/mol. The number of rotatable bonds is 5. The van der Waals surface area contributed by atoms with Gasteiger partial charge in [-0.1, -0.05) is 24.2 Å². The average molecular weight is 342 g/mol. The van der Waals surface area contributed by atoms with Gasteiger partial charge in [0.1, 0.15) is 5.69 Å². The normalized spacial score (nSPS) is 10.5. The molecule has 0 saturated heterocycles. The third kappa shape index (κ3) is 3.07. The fourth-order valence-electron chi connectivity index (χ4n) is 2.24. The van der Waals surface area contributed by atoms with Gasteiger partial charge in [0.25, 0.3) is 5.91 Å². The van der Waals surface area contributed by atoms with E-state index in [1.807, 2.05) is 24.4 Å². The van der Waals surface area contributed by atoms with Crippen molar-refractivity contribution in [3.8, 4) is 11.3 Å². The number of aromatic carboxylic acids is 1. The number of nitrogens with one attached hydrogen (secondary N) is 1. The maximum atomic E-state index is 12.3. The quantitative estimate of drug-likeness (QED) is 0.733. The molecule has 7 heteroatoms. The van der Waals surface area contributed by atoms with E-state index in [2.05, 4.69) is 10.5 Å². The summed E-state index contributed by atoms with van der Waals surface area (Å²) >= 11 is 1.42. The Morgan fingerprint density at radius 2 is 2.00 bits per heavy atom. The lowest BCUT2D eigenvalue weighted by molar-refractivity contribution is 0.0698. The number of carboxylic acid groups (broad SMARTS) is 1. The molecule has 24 heavy (non-hydrogen) atoms. The summed E-state index contributed by atoms with van der Waals surface area (Å²) in [6.07, 6.45) is 0.872. The van der Waals surface area contributed by atoms with Gasteiger partial charge in [0.2, 0.25) is 5.88 Å². The van der Waals surface area contributed by atoms with E-state index in [1.165, 1.54) is 11.3 Å². The van der Waals surface area contributed by atoms with E-state index >= 15 is 0 Å². The lowest BCUT2D eigenvalue weighted by atomic mass is 10.1. The molecular formula is C17H14N2O4S. The zero-order chi connectivity index (χ0) is 17.1. The molecule has 0 radical (unpaired) electrons. The molecule has 3 rings (SSSR count). The van der Waals surface area contributed by atoms with E-state index in [1.54, 1.807) is 23.6 Å². The monoisotopic (exact) mass is 342 g/mol. The van der Waals surface area contributed by atoms with Crippen molar-refractivity contribution in [2.24, 2.45) is 0 Å². The van der Waals surface area contributed by atoms with E-state index in [4.69, 9.17) is 4.52 Å². The minimum Gasteiger partial charge on any atom is -0.477 e. The summed E-state index contributed by atoms with van der Waals surface area (Å²) in [5.74, 6) is -1.84. The molecule has 2 N–H and O–H groups in total. The summed E-state index contributed by atoms with van der Waals surface area (Å²) in [6.45, 7) is 2.02. The van der Waals surface area contributed by atoms with Gasteiger partial charge in [0, 0.05) is 16.5 Å². The third-order valence-corrected chi connectivity index (χ3v) is 4.24. The molecule has 0 saturated carbocycles. The Bertz CT molecular complexity index is 867. The van der Waals surface area contributed by atoms with Crippen molar-refractivity contribution in [2.45, 2.75) is 13.3 Å². The van der Waals surface area contributed by atoms with Gasteiger partial charge in [-0.05, 0) is 35.6 Å². The number of thiophene rings is 1. The maximum Gasteiger partial charge on any atom is 0.343 e. The first-order chi connectivity index (χ1) is 11.6. The Kier molecular flexibility index (Phi) is 4.43. The molecule has 2 aromatic heterocycles. The standard InChI is InChI=1S/C17H14N2O4S/c1-2-10-3-5-11(6-4-10)15(20)18-16-13(17(21)22)14(19-23-16)12-7-8-24-9-12/h3-9H,2H2,1H3,(H,18,20)(H,21,22). The molecule has 122 valence electrons. The zero-order valence-electron chi connectivity index (χ0n) is 12.8. The molecule has 6 nitrogen and oxygen atoms in total. The molecule has 1 amide bonds. The number of benzene rings is 1. The van der Waals surface area contributed by atoms with Crippen LogP contribution in [0, 0.1) is 0 Å². The highest BCUT2D eigenvalue weighted by atomic mass is 32.1.